The van der Waals surface area contributed by atoms with E-state index < -0.39 is 0 Å². The summed E-state index contributed by atoms with van der Waals surface area (Å²) in [5, 5.41) is 0. The number of carbonyl (C=O) groups is 2. The van der Waals surface area contributed by atoms with Gasteiger partial charge < -0.3 is 20.3 Å². The second-order valence-electron chi connectivity index (χ2n) is 6.97. The second-order valence-corrected chi connectivity index (χ2v) is 6.97. The highest BCUT2D eigenvalue weighted by atomic mass is 35.5. The normalized spacial score (nSPS) is 21.8. The molecule has 1 atom stereocenters. The van der Waals surface area contributed by atoms with Gasteiger partial charge in [0.15, 0.2) is 0 Å². The maximum atomic E-state index is 12.8. The van der Waals surface area contributed by atoms with Crippen LogP contribution >= 0.6 is 12.4 Å². The summed E-state index contributed by atoms with van der Waals surface area (Å²) < 4.78 is 5.80. The molecule has 0 aromatic heterocycles. The Bertz CT molecular complexity index is 414. The third kappa shape index (κ3) is 6.76. The zero-order chi connectivity index (χ0) is 17.4. The van der Waals surface area contributed by atoms with Crippen LogP contribution in [0.25, 0.3) is 0 Å². The van der Waals surface area contributed by atoms with Crippen LogP contribution in [0, 0.1) is 5.92 Å². The highest BCUT2D eigenvalue weighted by Gasteiger charge is 2.32. The van der Waals surface area contributed by atoms with Crippen LogP contribution in [-0.4, -0.2) is 67.0 Å². The number of hydrogen-bond donors (Lipinski definition) is 1. The van der Waals surface area contributed by atoms with Gasteiger partial charge in [-0.1, -0.05) is 6.92 Å². The van der Waals surface area contributed by atoms with Crippen molar-refractivity contribution in [3.05, 3.63) is 0 Å². The van der Waals surface area contributed by atoms with Crippen molar-refractivity contribution in [2.75, 3.05) is 39.3 Å². The fourth-order valence-corrected chi connectivity index (χ4v) is 3.61. The van der Waals surface area contributed by atoms with Crippen LogP contribution in [0.15, 0.2) is 0 Å². The van der Waals surface area contributed by atoms with Crippen LogP contribution in [0.2, 0.25) is 0 Å². The summed E-state index contributed by atoms with van der Waals surface area (Å²) in [7, 11) is 0. The van der Waals surface area contributed by atoms with Crippen LogP contribution < -0.4 is 5.73 Å². The monoisotopic (exact) mass is 375 g/mol. The first kappa shape index (κ1) is 22.2. The zero-order valence-corrected chi connectivity index (χ0v) is 16.3. The molecule has 2 N–H and O–H groups in total. The summed E-state index contributed by atoms with van der Waals surface area (Å²) in [5.41, 5.74) is 5.48. The summed E-state index contributed by atoms with van der Waals surface area (Å²) in [6.45, 7) is 6.34. The summed E-state index contributed by atoms with van der Waals surface area (Å²) in [6.07, 6.45) is 6.26. The number of amides is 2. The van der Waals surface area contributed by atoms with E-state index in [1.165, 1.54) is 0 Å². The van der Waals surface area contributed by atoms with Crippen molar-refractivity contribution in [3.63, 3.8) is 0 Å². The highest BCUT2D eigenvalue weighted by Crippen LogP contribution is 2.22. The van der Waals surface area contributed by atoms with Crippen molar-refractivity contribution in [1.29, 1.82) is 0 Å². The van der Waals surface area contributed by atoms with Gasteiger partial charge in [-0.25, -0.2) is 0 Å². The van der Waals surface area contributed by atoms with E-state index in [2.05, 4.69) is 0 Å². The van der Waals surface area contributed by atoms with Gasteiger partial charge in [-0.2, -0.15) is 0 Å². The molecule has 6 nitrogen and oxygen atoms in total. The number of piperidine rings is 2. The van der Waals surface area contributed by atoms with Crippen LogP contribution in [0.1, 0.15) is 51.9 Å². The lowest BCUT2D eigenvalue weighted by atomic mass is 9.95. The Labute approximate surface area is 157 Å². The van der Waals surface area contributed by atoms with E-state index in [1.807, 2.05) is 16.7 Å². The Morgan fingerprint density at radius 3 is 2.48 bits per heavy atom. The summed E-state index contributed by atoms with van der Waals surface area (Å²) in [6, 6.07) is 0. The molecular formula is C18H34ClN3O3. The molecule has 2 heterocycles. The van der Waals surface area contributed by atoms with Gasteiger partial charge in [-0.3, -0.25) is 9.59 Å². The molecule has 2 fully saturated rings. The first-order valence-electron chi connectivity index (χ1n) is 9.54. The van der Waals surface area contributed by atoms with E-state index in [9.17, 15) is 9.59 Å². The van der Waals surface area contributed by atoms with Gasteiger partial charge in [0, 0.05) is 39.2 Å². The molecule has 2 rings (SSSR count). The largest absolute Gasteiger partial charge is 0.378 e. The molecule has 1 unspecified atom stereocenters. The van der Waals surface area contributed by atoms with Gasteiger partial charge >= 0.3 is 0 Å². The number of carbonyl (C=O) groups excluding carboxylic acids is 2. The van der Waals surface area contributed by atoms with E-state index in [0.717, 1.165) is 58.2 Å². The summed E-state index contributed by atoms with van der Waals surface area (Å²) in [4.78, 5) is 28.7. The van der Waals surface area contributed by atoms with Crippen molar-refractivity contribution in [2.45, 2.75) is 58.0 Å². The molecule has 2 amide bonds. The molecule has 0 aromatic carbocycles. The van der Waals surface area contributed by atoms with Crippen molar-refractivity contribution in [3.8, 4) is 0 Å². The quantitative estimate of drug-likeness (QED) is 0.688. The maximum Gasteiger partial charge on any atom is 0.227 e. The molecule has 0 bridgehead atoms. The SMILES string of the molecule is CCCC(=O)N1CCCC(C(=O)N2CCC(OCCCN)CC2)C1.Cl. The first-order valence-corrected chi connectivity index (χ1v) is 9.54. The van der Waals surface area contributed by atoms with Crippen LogP contribution in [0.4, 0.5) is 0 Å². The van der Waals surface area contributed by atoms with E-state index in [-0.39, 0.29) is 36.2 Å². The fourth-order valence-electron chi connectivity index (χ4n) is 3.61. The van der Waals surface area contributed by atoms with Gasteiger partial charge in [0.05, 0.1) is 12.0 Å². The van der Waals surface area contributed by atoms with Gasteiger partial charge in [-0.15, -0.1) is 12.4 Å². The Hall–Kier alpha value is -0.850. The van der Waals surface area contributed by atoms with Crippen LogP contribution in [-0.2, 0) is 14.3 Å². The molecule has 2 saturated heterocycles. The average Bonchev–Trinajstić information content (AvgIpc) is 2.62. The summed E-state index contributed by atoms with van der Waals surface area (Å²) in [5.74, 6) is 0.403. The molecule has 7 heteroatoms. The molecule has 0 aliphatic carbocycles. The number of hydrogen-bond acceptors (Lipinski definition) is 4. The number of nitrogens with zero attached hydrogens (tertiary/aromatic N) is 2. The smallest absolute Gasteiger partial charge is 0.227 e. The lowest BCUT2D eigenvalue weighted by molar-refractivity contribution is -0.142. The second kappa shape index (κ2) is 11.7. The van der Waals surface area contributed by atoms with E-state index in [1.54, 1.807) is 0 Å². The molecule has 0 spiro atoms. The van der Waals surface area contributed by atoms with Crippen molar-refractivity contribution >= 4 is 24.2 Å². The van der Waals surface area contributed by atoms with Crippen LogP contribution in [0.3, 0.4) is 0 Å². The predicted octanol–water partition coefficient (Wildman–Crippen LogP) is 1.80. The molecule has 2 aliphatic heterocycles. The van der Waals surface area contributed by atoms with Gasteiger partial charge in [0.2, 0.25) is 11.8 Å². The Morgan fingerprint density at radius 2 is 1.84 bits per heavy atom. The Kier molecular flexibility index (Phi) is 10.4. The number of rotatable bonds is 7. The van der Waals surface area contributed by atoms with Gasteiger partial charge in [0.25, 0.3) is 0 Å². The first-order chi connectivity index (χ1) is 11.7. The van der Waals surface area contributed by atoms with Gasteiger partial charge in [-0.05, 0) is 45.1 Å². The third-order valence-corrected chi connectivity index (χ3v) is 5.04. The number of nitrogens with two attached hydrogens (primary N) is 1. The molecule has 0 radical (unpaired) electrons. The van der Waals surface area contributed by atoms with E-state index >= 15 is 0 Å². The van der Waals surface area contributed by atoms with E-state index in [4.69, 9.17) is 10.5 Å². The number of likely N-dealkylation sites (tertiary alicyclic amines) is 2. The van der Waals surface area contributed by atoms with Crippen molar-refractivity contribution < 1.29 is 14.3 Å². The standard InChI is InChI=1S/C18H33N3O3.ClH/c1-2-5-17(22)21-10-3-6-15(14-21)18(23)20-11-7-16(8-12-20)24-13-4-9-19;/h15-16H,2-14,19H2,1H3;1H. The molecule has 25 heavy (non-hydrogen) atoms. The molecule has 0 saturated carbocycles. The minimum Gasteiger partial charge on any atom is -0.378 e. The summed E-state index contributed by atoms with van der Waals surface area (Å²) >= 11 is 0. The number of halogens is 1. The fraction of sp³-hybridized carbons (Fsp3) is 0.889. The highest BCUT2D eigenvalue weighted by molar-refractivity contribution is 5.85. The zero-order valence-electron chi connectivity index (χ0n) is 15.5. The maximum absolute atomic E-state index is 12.8. The molecule has 146 valence electrons. The molecular weight excluding hydrogens is 342 g/mol. The van der Waals surface area contributed by atoms with Crippen LogP contribution in [0.5, 0.6) is 0 Å². The Balaban J connectivity index is 0.00000312. The Morgan fingerprint density at radius 1 is 1.12 bits per heavy atom. The van der Waals surface area contributed by atoms with Gasteiger partial charge in [0.1, 0.15) is 0 Å². The third-order valence-electron chi connectivity index (χ3n) is 5.04. The molecule has 0 aromatic rings. The number of ether oxygens (including phenoxy) is 1. The lowest BCUT2D eigenvalue weighted by Crippen LogP contribution is -2.49. The topological polar surface area (TPSA) is 75.9 Å². The predicted molar refractivity (Wildman–Crippen MR) is 101 cm³/mol. The minimum atomic E-state index is -0.0192. The van der Waals surface area contributed by atoms with Crippen molar-refractivity contribution in [2.24, 2.45) is 11.7 Å². The molecule has 2 aliphatic rings. The average molecular weight is 376 g/mol. The van der Waals surface area contributed by atoms with E-state index in [0.29, 0.717) is 26.1 Å². The minimum absolute atomic E-state index is 0. The lowest BCUT2D eigenvalue weighted by Gasteiger charge is -2.37. The van der Waals surface area contributed by atoms with Crippen molar-refractivity contribution in [1.82, 2.24) is 9.80 Å².